The summed E-state index contributed by atoms with van der Waals surface area (Å²) in [7, 11) is 0. The second-order valence-electron chi connectivity index (χ2n) is 6.52. The molecule has 2 atom stereocenters. The molecule has 0 bridgehead atoms. The summed E-state index contributed by atoms with van der Waals surface area (Å²) in [6.07, 6.45) is 4.72. The highest BCUT2D eigenvalue weighted by Gasteiger charge is 2.24. The molecule has 28 heavy (non-hydrogen) atoms. The van der Waals surface area contributed by atoms with Crippen molar-refractivity contribution in [2.75, 3.05) is 0 Å². The molecule has 0 spiro atoms. The van der Waals surface area contributed by atoms with Crippen LogP contribution in [0.15, 0.2) is 48.5 Å². The fraction of sp³-hybridized carbons (Fsp3) is 0.500. The first kappa shape index (κ1) is 24.0. The number of hydrogen-bond donors (Lipinski definition) is 4. The standard InChI is InChI=1S/C20H26N2O2.2C2H6/c23-19-11-5-1-7-15(19)13-21-17-9-3-4-10-18(17)22-14-16-8-2-6-12-20(16)24;2*1-2/h1-2,5-8,11-12,17-18,21-24H,3-4,9-10,13-14H2;2*1-2H3/t17-,18?;;/m0../s1. The summed E-state index contributed by atoms with van der Waals surface area (Å²) in [5.74, 6) is 0.694. The van der Waals surface area contributed by atoms with Crippen molar-refractivity contribution in [3.8, 4) is 11.5 Å². The van der Waals surface area contributed by atoms with Crippen molar-refractivity contribution < 1.29 is 10.2 Å². The van der Waals surface area contributed by atoms with Crippen LogP contribution in [-0.4, -0.2) is 22.3 Å². The Bertz CT molecular complexity index is 603. The van der Waals surface area contributed by atoms with Crippen LogP contribution in [0, 0.1) is 0 Å². The van der Waals surface area contributed by atoms with Gasteiger partial charge in [0, 0.05) is 36.3 Å². The summed E-state index contributed by atoms with van der Waals surface area (Å²) in [5, 5.41) is 27.0. The van der Waals surface area contributed by atoms with E-state index in [9.17, 15) is 10.2 Å². The number of benzene rings is 2. The molecule has 4 nitrogen and oxygen atoms in total. The van der Waals surface area contributed by atoms with Crippen LogP contribution in [0.3, 0.4) is 0 Å². The molecule has 2 aromatic carbocycles. The van der Waals surface area contributed by atoms with Crippen LogP contribution in [0.4, 0.5) is 0 Å². The molecule has 2 aromatic rings. The predicted octanol–water partition coefficient (Wildman–Crippen LogP) is 5.34. The first-order valence-corrected chi connectivity index (χ1v) is 10.7. The van der Waals surface area contributed by atoms with E-state index in [1.54, 1.807) is 12.1 Å². The minimum atomic E-state index is 0.347. The van der Waals surface area contributed by atoms with Gasteiger partial charge in [-0.1, -0.05) is 76.9 Å². The van der Waals surface area contributed by atoms with E-state index >= 15 is 0 Å². The van der Waals surface area contributed by atoms with Crippen molar-refractivity contribution in [3.05, 3.63) is 59.7 Å². The number of hydrogen-bond acceptors (Lipinski definition) is 4. The third-order valence-electron chi connectivity index (χ3n) is 4.86. The van der Waals surface area contributed by atoms with E-state index in [2.05, 4.69) is 10.6 Å². The largest absolute Gasteiger partial charge is 0.508 e. The molecule has 3 rings (SSSR count). The smallest absolute Gasteiger partial charge is 0.120 e. The minimum absolute atomic E-state index is 0.347. The first-order chi connectivity index (χ1) is 13.7. The highest BCUT2D eigenvalue weighted by molar-refractivity contribution is 5.32. The average molecular weight is 387 g/mol. The Morgan fingerprint density at radius 1 is 0.679 bits per heavy atom. The molecule has 1 saturated carbocycles. The van der Waals surface area contributed by atoms with Gasteiger partial charge in [-0.3, -0.25) is 0 Å². The number of para-hydroxylation sites is 2. The molecule has 0 aliphatic heterocycles. The van der Waals surface area contributed by atoms with E-state index < -0.39 is 0 Å². The maximum atomic E-state index is 9.91. The molecule has 0 saturated heterocycles. The van der Waals surface area contributed by atoms with Crippen LogP contribution < -0.4 is 10.6 Å². The zero-order valence-electron chi connectivity index (χ0n) is 17.9. The van der Waals surface area contributed by atoms with Gasteiger partial charge in [0.25, 0.3) is 0 Å². The Morgan fingerprint density at radius 2 is 1.04 bits per heavy atom. The first-order valence-electron chi connectivity index (χ1n) is 10.7. The van der Waals surface area contributed by atoms with E-state index in [1.807, 2.05) is 64.1 Å². The van der Waals surface area contributed by atoms with Gasteiger partial charge in [0.05, 0.1) is 0 Å². The number of phenolic OH excluding ortho intramolecular Hbond substituents is 2. The molecule has 0 heterocycles. The van der Waals surface area contributed by atoms with E-state index in [4.69, 9.17) is 0 Å². The number of aromatic hydroxyl groups is 2. The van der Waals surface area contributed by atoms with Gasteiger partial charge in [-0.05, 0) is 25.0 Å². The highest BCUT2D eigenvalue weighted by atomic mass is 16.3. The summed E-state index contributed by atoms with van der Waals surface area (Å²) < 4.78 is 0. The van der Waals surface area contributed by atoms with Crippen molar-refractivity contribution in [1.29, 1.82) is 0 Å². The van der Waals surface area contributed by atoms with Crippen molar-refractivity contribution >= 4 is 0 Å². The molecule has 1 aliphatic rings. The topological polar surface area (TPSA) is 64.5 Å². The summed E-state index contributed by atoms with van der Waals surface area (Å²) in [4.78, 5) is 0. The average Bonchev–Trinajstić information content (AvgIpc) is 2.76. The van der Waals surface area contributed by atoms with Crippen LogP contribution in [0.5, 0.6) is 11.5 Å². The van der Waals surface area contributed by atoms with E-state index in [0.717, 1.165) is 24.0 Å². The quantitative estimate of drug-likeness (QED) is 0.541. The maximum Gasteiger partial charge on any atom is 0.120 e. The Hall–Kier alpha value is -2.04. The van der Waals surface area contributed by atoms with Crippen LogP contribution in [0.1, 0.15) is 64.5 Å². The zero-order chi connectivity index (χ0) is 20.8. The molecular formula is C24H38N2O2. The van der Waals surface area contributed by atoms with E-state index in [-0.39, 0.29) is 0 Å². The van der Waals surface area contributed by atoms with Crippen LogP contribution >= 0.6 is 0 Å². The molecule has 1 unspecified atom stereocenters. The van der Waals surface area contributed by atoms with Gasteiger partial charge in [0.1, 0.15) is 11.5 Å². The normalized spacial score (nSPS) is 18.3. The van der Waals surface area contributed by atoms with Gasteiger partial charge in [-0.25, -0.2) is 0 Å². The molecule has 0 radical (unpaired) electrons. The van der Waals surface area contributed by atoms with Crippen molar-refractivity contribution in [3.63, 3.8) is 0 Å². The molecule has 0 amide bonds. The lowest BCUT2D eigenvalue weighted by atomic mass is 9.90. The third-order valence-corrected chi connectivity index (χ3v) is 4.86. The van der Waals surface area contributed by atoms with Gasteiger partial charge in [0.15, 0.2) is 0 Å². The van der Waals surface area contributed by atoms with Gasteiger partial charge in [-0.15, -0.1) is 0 Å². The highest BCUT2D eigenvalue weighted by Crippen LogP contribution is 2.22. The SMILES string of the molecule is CC.CC.Oc1ccccc1CNC1CCCC[C@@H]1NCc1ccccc1O. The summed E-state index contributed by atoms with van der Waals surface area (Å²) in [6.45, 7) is 9.35. The van der Waals surface area contributed by atoms with Crippen molar-refractivity contribution in [2.45, 2.75) is 78.6 Å². The Balaban J connectivity index is 0.000000921. The van der Waals surface area contributed by atoms with Crippen molar-refractivity contribution in [1.82, 2.24) is 10.6 Å². The number of rotatable bonds is 6. The van der Waals surface area contributed by atoms with Gasteiger partial charge >= 0.3 is 0 Å². The fourth-order valence-electron chi connectivity index (χ4n) is 3.42. The number of phenols is 2. The van der Waals surface area contributed by atoms with E-state index in [0.29, 0.717) is 36.7 Å². The molecule has 0 aromatic heterocycles. The Morgan fingerprint density at radius 3 is 1.39 bits per heavy atom. The fourth-order valence-corrected chi connectivity index (χ4v) is 3.42. The van der Waals surface area contributed by atoms with Crippen LogP contribution in [0.2, 0.25) is 0 Å². The van der Waals surface area contributed by atoms with Crippen LogP contribution in [0.25, 0.3) is 0 Å². The monoisotopic (exact) mass is 386 g/mol. The predicted molar refractivity (Wildman–Crippen MR) is 119 cm³/mol. The Labute approximate surface area is 171 Å². The molecule has 1 fully saturated rings. The van der Waals surface area contributed by atoms with Gasteiger partial charge < -0.3 is 20.8 Å². The molecule has 1 aliphatic carbocycles. The van der Waals surface area contributed by atoms with E-state index in [1.165, 1.54) is 12.8 Å². The third kappa shape index (κ3) is 7.53. The summed E-state index contributed by atoms with van der Waals surface area (Å²) in [6, 6.07) is 15.7. The second-order valence-corrected chi connectivity index (χ2v) is 6.52. The van der Waals surface area contributed by atoms with Gasteiger partial charge in [-0.2, -0.15) is 0 Å². The van der Waals surface area contributed by atoms with Gasteiger partial charge in [0.2, 0.25) is 0 Å². The summed E-state index contributed by atoms with van der Waals surface area (Å²) in [5.41, 5.74) is 1.87. The lowest BCUT2D eigenvalue weighted by Crippen LogP contribution is -2.49. The number of nitrogens with one attached hydrogen (secondary N) is 2. The van der Waals surface area contributed by atoms with Crippen molar-refractivity contribution in [2.24, 2.45) is 0 Å². The second kappa shape index (κ2) is 14.0. The molecule has 156 valence electrons. The molecular weight excluding hydrogens is 348 g/mol. The molecule has 4 N–H and O–H groups in total. The summed E-state index contributed by atoms with van der Waals surface area (Å²) >= 11 is 0. The van der Waals surface area contributed by atoms with Crippen LogP contribution in [-0.2, 0) is 13.1 Å². The molecule has 4 heteroatoms. The lowest BCUT2D eigenvalue weighted by molar-refractivity contribution is 0.279. The Kier molecular flexibility index (Phi) is 12.0. The lowest BCUT2D eigenvalue weighted by Gasteiger charge is -2.33. The minimum Gasteiger partial charge on any atom is -0.508 e. The maximum absolute atomic E-state index is 9.91. The zero-order valence-corrected chi connectivity index (χ0v) is 17.9.